The Kier molecular flexibility index (Phi) is 5.76. The van der Waals surface area contributed by atoms with Gasteiger partial charge in [0.1, 0.15) is 9.84 Å². The van der Waals surface area contributed by atoms with Crippen LogP contribution < -0.4 is 5.32 Å². The predicted octanol–water partition coefficient (Wildman–Crippen LogP) is 1.84. The van der Waals surface area contributed by atoms with Crippen LogP contribution in [0.1, 0.15) is 39.0 Å². The highest BCUT2D eigenvalue weighted by Gasteiger charge is 2.25. The largest absolute Gasteiger partial charge is 0.319 e. The number of nitrogens with one attached hydrogen (secondary N) is 1. The molecular formula is C12H25NO2S. The van der Waals surface area contributed by atoms with Gasteiger partial charge in [0.15, 0.2) is 0 Å². The Morgan fingerprint density at radius 1 is 1.19 bits per heavy atom. The fraction of sp³-hybridized carbons (Fsp3) is 1.00. The van der Waals surface area contributed by atoms with Crippen molar-refractivity contribution in [2.24, 2.45) is 11.8 Å². The molecule has 2 unspecified atom stereocenters. The van der Waals surface area contributed by atoms with Gasteiger partial charge in [-0.2, -0.15) is 0 Å². The summed E-state index contributed by atoms with van der Waals surface area (Å²) in [6.07, 6.45) is 5.92. The normalized spacial score (nSPS) is 26.9. The number of sulfone groups is 1. The third-order valence-corrected chi connectivity index (χ3v) is 5.51. The second kappa shape index (κ2) is 6.60. The van der Waals surface area contributed by atoms with E-state index in [0.29, 0.717) is 17.6 Å². The van der Waals surface area contributed by atoms with Crippen molar-refractivity contribution in [3.05, 3.63) is 0 Å². The van der Waals surface area contributed by atoms with Crippen LogP contribution in [-0.2, 0) is 9.84 Å². The summed E-state index contributed by atoms with van der Waals surface area (Å²) in [4.78, 5) is 0. The van der Waals surface area contributed by atoms with Gasteiger partial charge in [0.2, 0.25) is 0 Å². The summed E-state index contributed by atoms with van der Waals surface area (Å²) in [5.41, 5.74) is 0. The van der Waals surface area contributed by atoms with Crippen LogP contribution in [0.2, 0.25) is 0 Å². The average molecular weight is 247 g/mol. The molecule has 3 nitrogen and oxygen atoms in total. The van der Waals surface area contributed by atoms with Crippen LogP contribution in [0, 0.1) is 11.8 Å². The van der Waals surface area contributed by atoms with Gasteiger partial charge in [0.25, 0.3) is 0 Å². The first-order chi connectivity index (χ1) is 7.59. The van der Waals surface area contributed by atoms with Gasteiger partial charge in [0, 0.05) is 5.75 Å². The lowest BCUT2D eigenvalue weighted by atomic mass is 9.78. The Hall–Kier alpha value is -0.0900. The summed E-state index contributed by atoms with van der Waals surface area (Å²) in [5, 5.41) is 3.23. The molecule has 1 fully saturated rings. The molecule has 0 radical (unpaired) electrons. The van der Waals surface area contributed by atoms with Crippen molar-refractivity contribution in [1.29, 1.82) is 0 Å². The van der Waals surface area contributed by atoms with Gasteiger partial charge in [-0.1, -0.05) is 26.2 Å². The molecule has 0 aromatic carbocycles. The molecule has 1 aliphatic carbocycles. The Labute approximate surface area is 99.9 Å². The van der Waals surface area contributed by atoms with E-state index in [2.05, 4.69) is 5.32 Å². The zero-order valence-corrected chi connectivity index (χ0v) is 11.4. The fourth-order valence-electron chi connectivity index (χ4n) is 2.67. The minimum atomic E-state index is -2.78. The third-order valence-electron chi connectivity index (χ3n) is 3.77. The zero-order chi connectivity index (χ0) is 12.0. The molecule has 0 saturated heterocycles. The first kappa shape index (κ1) is 14.0. The van der Waals surface area contributed by atoms with Crippen molar-refractivity contribution in [1.82, 2.24) is 5.32 Å². The minimum Gasteiger partial charge on any atom is -0.319 e. The summed E-state index contributed by atoms with van der Waals surface area (Å²) >= 11 is 0. The maximum absolute atomic E-state index is 11.5. The molecule has 0 amide bonds. The van der Waals surface area contributed by atoms with Crippen molar-refractivity contribution < 1.29 is 8.42 Å². The van der Waals surface area contributed by atoms with Crippen LogP contribution in [0.25, 0.3) is 0 Å². The van der Waals surface area contributed by atoms with E-state index < -0.39 is 9.84 Å². The van der Waals surface area contributed by atoms with E-state index in [4.69, 9.17) is 0 Å². The molecular weight excluding hydrogens is 222 g/mol. The standard InChI is InChI=1S/C12H25NO2S/c1-3-16(14,15)9-8-11-6-4-5-7-12(11)10-13-2/h11-13H,3-10H2,1-2H3. The van der Waals surface area contributed by atoms with Crippen LogP contribution in [0.5, 0.6) is 0 Å². The Morgan fingerprint density at radius 2 is 1.81 bits per heavy atom. The number of hydrogen-bond donors (Lipinski definition) is 1. The van der Waals surface area contributed by atoms with E-state index in [-0.39, 0.29) is 5.75 Å². The fourth-order valence-corrected chi connectivity index (χ4v) is 3.62. The van der Waals surface area contributed by atoms with Crippen molar-refractivity contribution in [2.75, 3.05) is 25.1 Å². The van der Waals surface area contributed by atoms with Gasteiger partial charge < -0.3 is 5.32 Å². The highest BCUT2D eigenvalue weighted by molar-refractivity contribution is 7.91. The molecule has 1 aliphatic rings. The summed E-state index contributed by atoms with van der Waals surface area (Å²) in [6.45, 7) is 2.78. The van der Waals surface area contributed by atoms with Crippen LogP contribution in [0.15, 0.2) is 0 Å². The SMILES string of the molecule is CCS(=O)(=O)CCC1CCCCC1CNC. The topological polar surface area (TPSA) is 46.2 Å². The summed E-state index contributed by atoms with van der Waals surface area (Å²) in [5.74, 6) is 1.97. The van der Waals surface area contributed by atoms with Crippen molar-refractivity contribution in [3.63, 3.8) is 0 Å². The van der Waals surface area contributed by atoms with E-state index >= 15 is 0 Å². The Bertz CT molecular complexity index is 285. The molecule has 1 rings (SSSR count). The molecule has 0 aliphatic heterocycles. The molecule has 1 N–H and O–H groups in total. The number of hydrogen-bond acceptors (Lipinski definition) is 3. The Morgan fingerprint density at radius 3 is 2.38 bits per heavy atom. The zero-order valence-electron chi connectivity index (χ0n) is 10.5. The van der Waals surface area contributed by atoms with E-state index in [1.807, 2.05) is 7.05 Å². The molecule has 0 heterocycles. The smallest absolute Gasteiger partial charge is 0.150 e. The number of rotatable bonds is 6. The van der Waals surface area contributed by atoms with Crippen molar-refractivity contribution in [2.45, 2.75) is 39.0 Å². The molecule has 16 heavy (non-hydrogen) atoms. The molecule has 0 aromatic heterocycles. The summed E-state index contributed by atoms with van der Waals surface area (Å²) in [6, 6.07) is 0. The molecule has 1 saturated carbocycles. The van der Waals surface area contributed by atoms with Crippen molar-refractivity contribution >= 4 is 9.84 Å². The molecule has 0 aromatic rings. The van der Waals surface area contributed by atoms with E-state index in [9.17, 15) is 8.42 Å². The molecule has 4 heteroatoms. The monoisotopic (exact) mass is 247 g/mol. The van der Waals surface area contributed by atoms with Crippen LogP contribution in [-0.4, -0.2) is 33.5 Å². The van der Waals surface area contributed by atoms with Gasteiger partial charge in [-0.25, -0.2) is 8.42 Å². The first-order valence-electron chi connectivity index (χ1n) is 6.44. The lowest BCUT2D eigenvalue weighted by Crippen LogP contribution is -2.30. The van der Waals surface area contributed by atoms with Gasteiger partial charge in [-0.05, 0) is 38.3 Å². The summed E-state index contributed by atoms with van der Waals surface area (Å²) in [7, 11) is -0.797. The van der Waals surface area contributed by atoms with Crippen LogP contribution in [0.3, 0.4) is 0 Å². The Balaban J connectivity index is 2.43. The van der Waals surface area contributed by atoms with Crippen LogP contribution in [0.4, 0.5) is 0 Å². The maximum Gasteiger partial charge on any atom is 0.150 e. The lowest BCUT2D eigenvalue weighted by molar-refractivity contribution is 0.228. The van der Waals surface area contributed by atoms with Crippen molar-refractivity contribution in [3.8, 4) is 0 Å². The van der Waals surface area contributed by atoms with Gasteiger partial charge in [0.05, 0.1) is 5.75 Å². The molecule has 0 bridgehead atoms. The van der Waals surface area contributed by atoms with Crippen LogP contribution >= 0.6 is 0 Å². The quantitative estimate of drug-likeness (QED) is 0.779. The van der Waals surface area contributed by atoms with Gasteiger partial charge >= 0.3 is 0 Å². The molecule has 0 spiro atoms. The van der Waals surface area contributed by atoms with E-state index in [1.54, 1.807) is 6.92 Å². The highest BCUT2D eigenvalue weighted by Crippen LogP contribution is 2.32. The summed E-state index contributed by atoms with van der Waals surface area (Å²) < 4.78 is 23.0. The van der Waals surface area contributed by atoms with E-state index in [1.165, 1.54) is 25.7 Å². The second-order valence-corrected chi connectivity index (χ2v) is 7.36. The average Bonchev–Trinajstić information content (AvgIpc) is 2.28. The first-order valence-corrected chi connectivity index (χ1v) is 8.26. The second-order valence-electron chi connectivity index (χ2n) is 4.89. The molecule has 96 valence electrons. The highest BCUT2D eigenvalue weighted by atomic mass is 32.2. The van der Waals surface area contributed by atoms with Gasteiger partial charge in [-0.3, -0.25) is 0 Å². The predicted molar refractivity (Wildman–Crippen MR) is 68.3 cm³/mol. The lowest BCUT2D eigenvalue weighted by Gasteiger charge is -2.31. The third kappa shape index (κ3) is 4.42. The maximum atomic E-state index is 11.5. The van der Waals surface area contributed by atoms with Gasteiger partial charge in [-0.15, -0.1) is 0 Å². The minimum absolute atomic E-state index is 0.288. The van der Waals surface area contributed by atoms with E-state index in [0.717, 1.165) is 13.0 Å². The molecule has 2 atom stereocenters.